The van der Waals surface area contributed by atoms with Crippen LogP contribution in [0.2, 0.25) is 0 Å². The molecule has 0 aliphatic rings. The first-order chi connectivity index (χ1) is 14.9. The molecule has 0 bridgehead atoms. The largest absolute Gasteiger partial charge is 0.497 e. The molecule has 4 aromatic rings. The van der Waals surface area contributed by atoms with Crippen molar-refractivity contribution in [2.75, 3.05) is 12.4 Å². The van der Waals surface area contributed by atoms with Gasteiger partial charge in [0.05, 0.1) is 12.0 Å². The van der Waals surface area contributed by atoms with Gasteiger partial charge in [0.1, 0.15) is 11.6 Å². The fourth-order valence-electron chi connectivity index (χ4n) is 2.81. The number of nitrogens with one attached hydrogen (secondary N) is 1. The van der Waals surface area contributed by atoms with Gasteiger partial charge in [-0.3, -0.25) is 0 Å². The van der Waals surface area contributed by atoms with Gasteiger partial charge in [-0.05, 0) is 72.8 Å². The number of ether oxygens (including phenoxy) is 1. The number of rotatable bonds is 6. The number of nitrogens with zero attached hydrogens (tertiary/aromatic N) is 1. The summed E-state index contributed by atoms with van der Waals surface area (Å²) in [5.74, 6) is 0.195. The van der Waals surface area contributed by atoms with E-state index in [1.54, 1.807) is 55.6 Å². The first-order valence-electron chi connectivity index (χ1n) is 9.05. The topological polar surface area (TPSA) is 81.4 Å². The van der Waals surface area contributed by atoms with Crippen molar-refractivity contribution in [1.82, 2.24) is 4.98 Å². The molecule has 1 N–H and O–H groups in total. The Bertz CT molecular complexity index is 1300. The Balaban J connectivity index is 1.81. The second-order valence-corrected chi connectivity index (χ2v) is 9.25. The van der Waals surface area contributed by atoms with Crippen LogP contribution in [-0.4, -0.2) is 20.5 Å². The highest BCUT2D eigenvalue weighted by molar-refractivity contribution is 9.10. The summed E-state index contributed by atoms with van der Waals surface area (Å²) in [5.41, 5.74) is 1.18. The molecule has 0 saturated carbocycles. The summed E-state index contributed by atoms with van der Waals surface area (Å²) in [6.45, 7) is 0. The number of oxazole rings is 1. The molecular weight excluding hydrogens is 487 g/mol. The summed E-state index contributed by atoms with van der Waals surface area (Å²) < 4.78 is 51.6. The Kier molecular flexibility index (Phi) is 5.79. The Hall–Kier alpha value is -3.17. The lowest BCUT2D eigenvalue weighted by Crippen LogP contribution is -2.05. The van der Waals surface area contributed by atoms with Gasteiger partial charge in [-0.1, -0.05) is 15.9 Å². The molecule has 0 aliphatic carbocycles. The lowest BCUT2D eigenvalue weighted by atomic mass is 10.2. The summed E-state index contributed by atoms with van der Waals surface area (Å²) in [5, 5.41) is 2.67. The van der Waals surface area contributed by atoms with E-state index in [0.29, 0.717) is 17.0 Å². The normalized spacial score (nSPS) is 11.3. The minimum absolute atomic E-state index is 0.0487. The van der Waals surface area contributed by atoms with Crippen LogP contribution in [0.4, 0.5) is 16.0 Å². The van der Waals surface area contributed by atoms with E-state index in [1.165, 1.54) is 12.1 Å². The van der Waals surface area contributed by atoms with E-state index in [4.69, 9.17) is 9.15 Å². The average molecular weight is 503 g/mol. The van der Waals surface area contributed by atoms with Gasteiger partial charge in [-0.15, -0.1) is 0 Å². The number of hydrogen-bond donors (Lipinski definition) is 1. The monoisotopic (exact) mass is 502 g/mol. The number of sulfone groups is 1. The van der Waals surface area contributed by atoms with Gasteiger partial charge < -0.3 is 14.5 Å². The van der Waals surface area contributed by atoms with Gasteiger partial charge in [-0.2, -0.15) is 4.98 Å². The zero-order valence-electron chi connectivity index (χ0n) is 16.2. The third-order valence-corrected chi connectivity index (χ3v) is 6.62. The molecule has 0 amide bonds. The fourth-order valence-corrected chi connectivity index (χ4v) is 4.34. The van der Waals surface area contributed by atoms with Gasteiger partial charge in [0.25, 0.3) is 0 Å². The Morgan fingerprint density at radius 1 is 0.968 bits per heavy atom. The molecule has 0 aliphatic heterocycles. The van der Waals surface area contributed by atoms with Crippen molar-refractivity contribution in [2.45, 2.75) is 9.92 Å². The fraction of sp³-hybridized carbons (Fsp3) is 0.0455. The molecule has 3 aromatic carbocycles. The molecule has 1 aromatic heterocycles. The standard InChI is InChI=1S/C22H16BrFN2O4S/c1-29-18-10-8-17(9-11-18)25-21-22(31(27,28)19-12-6-16(24)7-13-19)26-20(30-21)14-2-4-15(23)5-3-14/h2-13,25H,1H3. The van der Waals surface area contributed by atoms with Crippen molar-refractivity contribution < 1.29 is 22.0 Å². The lowest BCUT2D eigenvalue weighted by Gasteiger charge is -2.07. The predicted octanol–water partition coefficient (Wildman–Crippen LogP) is 5.83. The Morgan fingerprint density at radius 2 is 1.61 bits per heavy atom. The third-order valence-electron chi connectivity index (χ3n) is 4.41. The molecule has 0 atom stereocenters. The first kappa shape index (κ1) is 21.1. The van der Waals surface area contributed by atoms with Crippen molar-refractivity contribution in [3.05, 3.63) is 83.1 Å². The van der Waals surface area contributed by atoms with Crippen molar-refractivity contribution in [1.29, 1.82) is 0 Å². The van der Waals surface area contributed by atoms with Crippen LogP contribution in [0.3, 0.4) is 0 Å². The van der Waals surface area contributed by atoms with Gasteiger partial charge in [-0.25, -0.2) is 12.8 Å². The minimum atomic E-state index is -4.08. The van der Waals surface area contributed by atoms with E-state index in [2.05, 4.69) is 26.2 Å². The molecule has 4 rings (SSSR count). The van der Waals surface area contributed by atoms with E-state index in [9.17, 15) is 12.8 Å². The van der Waals surface area contributed by atoms with Crippen LogP contribution in [-0.2, 0) is 9.84 Å². The summed E-state index contributed by atoms with van der Waals surface area (Å²) >= 11 is 3.36. The van der Waals surface area contributed by atoms with Gasteiger partial charge in [0.15, 0.2) is 0 Å². The van der Waals surface area contributed by atoms with Crippen molar-refractivity contribution in [2.24, 2.45) is 0 Å². The molecular formula is C22H16BrFN2O4S. The van der Waals surface area contributed by atoms with Gasteiger partial charge in [0, 0.05) is 15.7 Å². The first-order valence-corrected chi connectivity index (χ1v) is 11.3. The number of benzene rings is 3. The van der Waals surface area contributed by atoms with Crippen molar-refractivity contribution >= 4 is 37.3 Å². The molecule has 31 heavy (non-hydrogen) atoms. The molecule has 0 spiro atoms. The molecule has 0 radical (unpaired) electrons. The smallest absolute Gasteiger partial charge is 0.238 e. The Labute approximate surface area is 186 Å². The molecule has 9 heteroatoms. The van der Waals surface area contributed by atoms with E-state index < -0.39 is 15.7 Å². The van der Waals surface area contributed by atoms with Crippen LogP contribution in [0.1, 0.15) is 0 Å². The third kappa shape index (κ3) is 4.47. The highest BCUT2D eigenvalue weighted by atomic mass is 79.9. The average Bonchev–Trinajstić information content (AvgIpc) is 3.20. The van der Waals surface area contributed by atoms with E-state index in [-0.39, 0.29) is 21.7 Å². The van der Waals surface area contributed by atoms with E-state index in [1.807, 2.05) is 0 Å². The predicted molar refractivity (Wildman–Crippen MR) is 118 cm³/mol. The maximum absolute atomic E-state index is 13.3. The number of hydrogen-bond acceptors (Lipinski definition) is 6. The van der Waals surface area contributed by atoms with Crippen molar-refractivity contribution in [3.8, 4) is 17.2 Å². The Morgan fingerprint density at radius 3 is 2.23 bits per heavy atom. The number of methoxy groups -OCH3 is 1. The molecule has 158 valence electrons. The van der Waals surface area contributed by atoms with Gasteiger partial charge in [0.2, 0.25) is 26.6 Å². The van der Waals surface area contributed by atoms with Crippen LogP contribution in [0.5, 0.6) is 5.75 Å². The maximum atomic E-state index is 13.3. The van der Waals surface area contributed by atoms with Crippen LogP contribution >= 0.6 is 15.9 Å². The summed E-state index contributed by atoms with van der Waals surface area (Å²) in [6.07, 6.45) is 0. The molecule has 0 unspecified atom stereocenters. The van der Waals surface area contributed by atoms with Crippen LogP contribution < -0.4 is 10.1 Å². The van der Waals surface area contributed by atoms with Crippen LogP contribution in [0.15, 0.2) is 91.6 Å². The SMILES string of the molecule is COc1ccc(Nc2oc(-c3ccc(Br)cc3)nc2S(=O)(=O)c2ccc(F)cc2)cc1. The van der Waals surface area contributed by atoms with E-state index in [0.717, 1.165) is 16.6 Å². The zero-order valence-corrected chi connectivity index (χ0v) is 18.6. The summed E-state index contributed by atoms with van der Waals surface area (Å²) in [6, 6.07) is 18.5. The minimum Gasteiger partial charge on any atom is -0.497 e. The number of aromatic nitrogens is 1. The second-order valence-electron chi connectivity index (χ2n) is 6.47. The highest BCUT2D eigenvalue weighted by Gasteiger charge is 2.29. The highest BCUT2D eigenvalue weighted by Crippen LogP contribution is 2.34. The quantitative estimate of drug-likeness (QED) is 0.334. The number of anilines is 2. The number of halogens is 2. The van der Waals surface area contributed by atoms with Crippen molar-refractivity contribution in [3.63, 3.8) is 0 Å². The second kappa shape index (κ2) is 8.52. The summed E-state index contributed by atoms with van der Waals surface area (Å²) in [4.78, 5) is 4.16. The molecule has 6 nitrogen and oxygen atoms in total. The maximum Gasteiger partial charge on any atom is 0.238 e. The molecule has 0 saturated heterocycles. The van der Waals surface area contributed by atoms with Crippen LogP contribution in [0.25, 0.3) is 11.5 Å². The van der Waals surface area contributed by atoms with Crippen LogP contribution in [0, 0.1) is 5.82 Å². The lowest BCUT2D eigenvalue weighted by molar-refractivity contribution is 0.415. The molecule has 1 heterocycles. The zero-order chi connectivity index (χ0) is 22.0. The van der Waals surface area contributed by atoms with E-state index >= 15 is 0 Å². The molecule has 0 fully saturated rings. The summed E-state index contributed by atoms with van der Waals surface area (Å²) in [7, 11) is -2.53. The van der Waals surface area contributed by atoms with Gasteiger partial charge >= 0.3 is 0 Å².